The second-order valence-electron chi connectivity index (χ2n) is 9.48. The number of nitrogens with one attached hydrogen (secondary N) is 1. The van der Waals surface area contributed by atoms with E-state index in [2.05, 4.69) is 15.3 Å². The number of hydrogen-bond donors (Lipinski definition) is 2. The Balaban J connectivity index is 1.48. The van der Waals surface area contributed by atoms with Gasteiger partial charge in [-0.2, -0.15) is 0 Å². The van der Waals surface area contributed by atoms with Crippen molar-refractivity contribution in [3.05, 3.63) is 70.0 Å². The minimum absolute atomic E-state index is 0.0102. The molecular weight excluding hydrogens is 468 g/mol. The highest BCUT2D eigenvalue weighted by Crippen LogP contribution is 2.33. The number of anilines is 2. The summed E-state index contributed by atoms with van der Waals surface area (Å²) in [5.74, 6) is -0.146. The first-order valence-corrected chi connectivity index (χ1v) is 12.6. The number of nitrogens with zero attached hydrogens (tertiary/aromatic N) is 4. The van der Waals surface area contributed by atoms with E-state index >= 15 is 0 Å². The van der Waals surface area contributed by atoms with Crippen molar-refractivity contribution in [2.24, 2.45) is 7.05 Å². The van der Waals surface area contributed by atoms with Gasteiger partial charge < -0.3 is 20.2 Å². The molecule has 0 aliphatic heterocycles. The van der Waals surface area contributed by atoms with Crippen molar-refractivity contribution < 1.29 is 9.59 Å². The number of nitrogen functional groups attached to an aromatic ring is 1. The number of Topliss-reactive ketones (excluding diaryl/α,β-unsaturated/α-hetero) is 1. The summed E-state index contributed by atoms with van der Waals surface area (Å²) in [7, 11) is 1.89. The van der Waals surface area contributed by atoms with Crippen LogP contribution in [0.25, 0.3) is 22.2 Å². The van der Waals surface area contributed by atoms with Gasteiger partial charge in [0, 0.05) is 48.2 Å². The quantitative estimate of drug-likeness (QED) is 0.403. The lowest BCUT2D eigenvalue weighted by atomic mass is 9.92. The number of carbonyl (C=O) groups is 2. The molecule has 190 valence electrons. The van der Waals surface area contributed by atoms with Gasteiger partial charge in [-0.3, -0.25) is 14.4 Å². The standard InChI is InChI=1S/C28H30N6O3/c1-4-18(5-2)34-22-7-6-8-23(35)19(22)13-20(28(34)37)27(36)32-17-11-9-16(10-12-17)21-14-33(3)26-24(21)25(29)30-15-31-26/h9-15,18H,4-8H2,1-3H3,(H,32,36)(H2,29,30,31). The van der Waals surface area contributed by atoms with E-state index in [-0.39, 0.29) is 22.9 Å². The predicted molar refractivity (Wildman–Crippen MR) is 144 cm³/mol. The molecule has 0 unspecified atom stereocenters. The molecule has 3 heterocycles. The van der Waals surface area contributed by atoms with E-state index in [1.54, 1.807) is 16.7 Å². The first-order chi connectivity index (χ1) is 17.8. The van der Waals surface area contributed by atoms with Gasteiger partial charge in [0.25, 0.3) is 11.5 Å². The Bertz CT molecular complexity index is 1580. The molecule has 0 bridgehead atoms. The molecule has 0 saturated heterocycles. The summed E-state index contributed by atoms with van der Waals surface area (Å²) in [6, 6.07) is 8.71. The summed E-state index contributed by atoms with van der Waals surface area (Å²) in [6.45, 7) is 4.03. The summed E-state index contributed by atoms with van der Waals surface area (Å²) >= 11 is 0. The van der Waals surface area contributed by atoms with E-state index in [0.717, 1.165) is 47.1 Å². The second kappa shape index (κ2) is 9.65. The fraction of sp³-hybridized carbons (Fsp3) is 0.321. The number of rotatable bonds is 6. The van der Waals surface area contributed by atoms with Crippen LogP contribution in [0, 0.1) is 0 Å². The third kappa shape index (κ3) is 4.20. The molecule has 0 saturated carbocycles. The first kappa shape index (κ1) is 24.4. The number of benzene rings is 1. The smallest absolute Gasteiger partial charge is 0.263 e. The van der Waals surface area contributed by atoms with Crippen LogP contribution in [0.2, 0.25) is 0 Å². The van der Waals surface area contributed by atoms with Gasteiger partial charge in [-0.25, -0.2) is 9.97 Å². The lowest BCUT2D eigenvalue weighted by molar-refractivity contribution is 0.0969. The largest absolute Gasteiger partial charge is 0.383 e. The van der Waals surface area contributed by atoms with Crippen molar-refractivity contribution in [3.8, 4) is 11.1 Å². The zero-order valence-electron chi connectivity index (χ0n) is 21.2. The van der Waals surface area contributed by atoms with E-state index in [1.807, 2.05) is 43.8 Å². The average molecular weight is 499 g/mol. The monoisotopic (exact) mass is 498 g/mol. The number of aryl methyl sites for hydroxylation is 1. The maximum atomic E-state index is 13.5. The lowest BCUT2D eigenvalue weighted by Gasteiger charge is -2.26. The van der Waals surface area contributed by atoms with Crippen LogP contribution in [0.4, 0.5) is 11.5 Å². The van der Waals surface area contributed by atoms with Crippen LogP contribution in [0.1, 0.15) is 72.0 Å². The van der Waals surface area contributed by atoms with Gasteiger partial charge in [-0.1, -0.05) is 26.0 Å². The number of hydrogen-bond acceptors (Lipinski definition) is 6. The number of nitrogens with two attached hydrogens (primary N) is 1. The SMILES string of the molecule is CCC(CC)n1c2c(cc(C(=O)Nc3ccc(-c4cn(C)c5ncnc(N)c45)cc3)c1=O)C(=O)CCC2. The van der Waals surface area contributed by atoms with Gasteiger partial charge >= 0.3 is 0 Å². The number of fused-ring (bicyclic) bond motifs is 2. The van der Waals surface area contributed by atoms with Crippen molar-refractivity contribution in [1.29, 1.82) is 0 Å². The van der Waals surface area contributed by atoms with Crippen LogP contribution in [0.15, 0.2) is 47.7 Å². The van der Waals surface area contributed by atoms with E-state index in [0.29, 0.717) is 29.9 Å². The van der Waals surface area contributed by atoms with Crippen LogP contribution < -0.4 is 16.6 Å². The maximum Gasteiger partial charge on any atom is 0.263 e. The first-order valence-electron chi connectivity index (χ1n) is 12.6. The molecule has 9 heteroatoms. The molecule has 1 aliphatic carbocycles. The zero-order valence-corrected chi connectivity index (χ0v) is 21.2. The van der Waals surface area contributed by atoms with E-state index in [4.69, 9.17) is 5.73 Å². The predicted octanol–water partition coefficient (Wildman–Crippen LogP) is 4.51. The highest BCUT2D eigenvalue weighted by Gasteiger charge is 2.27. The number of amides is 1. The van der Waals surface area contributed by atoms with E-state index in [9.17, 15) is 14.4 Å². The van der Waals surface area contributed by atoms with Crippen LogP contribution >= 0.6 is 0 Å². The summed E-state index contributed by atoms with van der Waals surface area (Å²) in [4.78, 5) is 47.9. The number of aromatic nitrogens is 4. The molecule has 0 fully saturated rings. The maximum absolute atomic E-state index is 13.5. The molecule has 0 atom stereocenters. The van der Waals surface area contributed by atoms with Crippen LogP contribution in [0.5, 0.6) is 0 Å². The van der Waals surface area contributed by atoms with Gasteiger partial charge in [0.15, 0.2) is 5.78 Å². The molecule has 1 aliphatic rings. The van der Waals surface area contributed by atoms with E-state index < -0.39 is 5.91 Å². The summed E-state index contributed by atoms with van der Waals surface area (Å²) in [6.07, 6.45) is 6.68. The summed E-state index contributed by atoms with van der Waals surface area (Å²) < 4.78 is 3.58. The van der Waals surface area contributed by atoms with Gasteiger partial charge in [0.05, 0.1) is 5.39 Å². The Morgan fingerprint density at radius 2 is 1.81 bits per heavy atom. The molecule has 37 heavy (non-hydrogen) atoms. The van der Waals surface area contributed by atoms with Gasteiger partial charge in [-0.05, 0) is 49.4 Å². The van der Waals surface area contributed by atoms with Crippen molar-refractivity contribution >= 4 is 34.2 Å². The summed E-state index contributed by atoms with van der Waals surface area (Å²) in [5.41, 5.74) is 10.1. The Kier molecular flexibility index (Phi) is 6.37. The third-order valence-electron chi connectivity index (χ3n) is 7.25. The van der Waals surface area contributed by atoms with Crippen molar-refractivity contribution in [2.45, 2.75) is 52.0 Å². The molecular formula is C28H30N6O3. The molecule has 1 amide bonds. The molecule has 1 aromatic carbocycles. The molecule has 4 aromatic rings. The Hall–Kier alpha value is -4.27. The summed E-state index contributed by atoms with van der Waals surface area (Å²) in [5, 5.41) is 3.60. The minimum Gasteiger partial charge on any atom is -0.383 e. The molecule has 3 N–H and O–H groups in total. The highest BCUT2D eigenvalue weighted by molar-refractivity contribution is 6.07. The Labute approximate surface area is 214 Å². The molecule has 0 radical (unpaired) electrons. The minimum atomic E-state index is -0.526. The van der Waals surface area contributed by atoms with Gasteiger partial charge in [-0.15, -0.1) is 0 Å². The molecule has 9 nitrogen and oxygen atoms in total. The topological polar surface area (TPSA) is 125 Å². The molecule has 3 aromatic heterocycles. The Morgan fingerprint density at radius 1 is 1.08 bits per heavy atom. The molecule has 0 spiro atoms. The fourth-order valence-electron chi connectivity index (χ4n) is 5.31. The van der Waals surface area contributed by atoms with Crippen LogP contribution in [-0.2, 0) is 13.5 Å². The second-order valence-corrected chi connectivity index (χ2v) is 9.48. The van der Waals surface area contributed by atoms with Crippen LogP contribution in [0.3, 0.4) is 0 Å². The van der Waals surface area contributed by atoms with E-state index in [1.165, 1.54) is 12.4 Å². The number of carbonyl (C=O) groups excluding carboxylic acids is 2. The van der Waals surface area contributed by atoms with Crippen molar-refractivity contribution in [1.82, 2.24) is 19.1 Å². The molecule has 5 rings (SSSR count). The highest BCUT2D eigenvalue weighted by atomic mass is 16.2. The zero-order chi connectivity index (χ0) is 26.3. The van der Waals surface area contributed by atoms with Crippen molar-refractivity contribution in [3.63, 3.8) is 0 Å². The fourth-order valence-corrected chi connectivity index (χ4v) is 5.31. The van der Waals surface area contributed by atoms with Crippen molar-refractivity contribution in [2.75, 3.05) is 11.1 Å². The van der Waals surface area contributed by atoms with Gasteiger partial charge in [0.2, 0.25) is 0 Å². The lowest BCUT2D eigenvalue weighted by Crippen LogP contribution is -2.36. The Morgan fingerprint density at radius 3 is 2.51 bits per heavy atom. The average Bonchev–Trinajstić information content (AvgIpc) is 3.24. The number of ketones is 1. The normalized spacial score (nSPS) is 13.2. The number of pyridine rings is 1. The van der Waals surface area contributed by atoms with Gasteiger partial charge in [0.1, 0.15) is 23.4 Å². The third-order valence-corrected chi connectivity index (χ3v) is 7.25. The van der Waals surface area contributed by atoms with Crippen LogP contribution in [-0.4, -0.2) is 30.8 Å².